The van der Waals surface area contributed by atoms with E-state index in [1.165, 1.54) is 4.90 Å². The predicted octanol–water partition coefficient (Wildman–Crippen LogP) is -1.26. The lowest BCUT2D eigenvalue weighted by Gasteiger charge is -2.33. The summed E-state index contributed by atoms with van der Waals surface area (Å²) in [6, 6.07) is -0.660. The molecule has 1 atom stereocenters. The molecule has 1 aliphatic heterocycles. The summed E-state index contributed by atoms with van der Waals surface area (Å²) in [5, 5.41) is 0. The molecule has 0 aromatic carbocycles. The third-order valence-electron chi connectivity index (χ3n) is 2.21. The normalized spacial score (nSPS) is 21.4. The van der Waals surface area contributed by atoms with Crippen molar-refractivity contribution in [2.45, 2.75) is 13.0 Å². The summed E-state index contributed by atoms with van der Waals surface area (Å²) in [6.07, 6.45) is 0. The van der Waals surface area contributed by atoms with Gasteiger partial charge in [0.1, 0.15) is 12.6 Å². The molecule has 0 saturated carbocycles. The molecule has 0 aromatic heterocycles. The molecule has 86 valence electrons. The molecule has 1 aliphatic rings. The highest BCUT2D eigenvalue weighted by Gasteiger charge is 2.30. The zero-order chi connectivity index (χ0) is 11.3. The highest BCUT2D eigenvalue weighted by atomic mass is 16.5. The van der Waals surface area contributed by atoms with Crippen LogP contribution in [0.25, 0.3) is 0 Å². The molecule has 1 saturated heterocycles. The van der Waals surface area contributed by atoms with Gasteiger partial charge < -0.3 is 20.1 Å². The Morgan fingerprint density at radius 2 is 2.33 bits per heavy atom. The Bertz CT molecular complexity index is 244. The third-order valence-corrected chi connectivity index (χ3v) is 2.21. The average molecular weight is 216 g/mol. The van der Waals surface area contributed by atoms with Gasteiger partial charge in [-0.15, -0.1) is 0 Å². The van der Waals surface area contributed by atoms with E-state index in [1.54, 1.807) is 6.92 Å². The zero-order valence-corrected chi connectivity index (χ0v) is 8.77. The lowest BCUT2D eigenvalue weighted by molar-refractivity contribution is -0.150. The van der Waals surface area contributed by atoms with Crippen LogP contribution in [0.3, 0.4) is 0 Å². The van der Waals surface area contributed by atoms with Crippen LogP contribution in [-0.4, -0.2) is 55.7 Å². The van der Waals surface area contributed by atoms with Crippen molar-refractivity contribution >= 4 is 11.8 Å². The van der Waals surface area contributed by atoms with E-state index in [2.05, 4.69) is 0 Å². The molecule has 0 radical (unpaired) electrons. The summed E-state index contributed by atoms with van der Waals surface area (Å²) in [6.45, 7) is 3.25. The molecule has 2 amide bonds. The number of carbonyl (C=O) groups is 2. The Labute approximate surface area is 88.3 Å². The first-order valence-corrected chi connectivity index (χ1v) is 4.91. The molecule has 1 fully saturated rings. The van der Waals surface area contributed by atoms with Crippen molar-refractivity contribution in [2.75, 3.05) is 33.0 Å². The van der Waals surface area contributed by atoms with Gasteiger partial charge in [-0.2, -0.15) is 0 Å². The Morgan fingerprint density at radius 1 is 1.60 bits per heavy atom. The SMILES string of the molecule is CCOCC(=O)N1CCOCC1C(N)=O. The molecule has 0 aromatic rings. The summed E-state index contributed by atoms with van der Waals surface area (Å²) >= 11 is 0. The first-order valence-electron chi connectivity index (χ1n) is 4.91. The number of hydrogen-bond acceptors (Lipinski definition) is 4. The Morgan fingerprint density at radius 3 is 2.93 bits per heavy atom. The van der Waals surface area contributed by atoms with Gasteiger partial charge in [0, 0.05) is 13.2 Å². The number of primary amides is 1. The Kier molecular flexibility index (Phi) is 4.51. The standard InChI is InChI=1S/C9H16N2O4/c1-2-14-6-8(12)11-3-4-15-5-7(11)9(10)13/h7H,2-6H2,1H3,(H2,10,13). The maximum absolute atomic E-state index is 11.6. The Balaban J connectivity index is 2.55. The highest BCUT2D eigenvalue weighted by molar-refractivity contribution is 5.87. The van der Waals surface area contributed by atoms with Gasteiger partial charge in [0.15, 0.2) is 0 Å². The van der Waals surface area contributed by atoms with Gasteiger partial charge in [-0.25, -0.2) is 0 Å². The summed E-state index contributed by atoms with van der Waals surface area (Å²) in [7, 11) is 0. The van der Waals surface area contributed by atoms with Crippen LogP contribution in [0, 0.1) is 0 Å². The minimum Gasteiger partial charge on any atom is -0.377 e. The van der Waals surface area contributed by atoms with Gasteiger partial charge in [0.05, 0.1) is 13.2 Å². The zero-order valence-electron chi connectivity index (χ0n) is 8.77. The van der Waals surface area contributed by atoms with Crippen molar-refractivity contribution < 1.29 is 19.1 Å². The monoisotopic (exact) mass is 216 g/mol. The molecule has 0 spiro atoms. The van der Waals surface area contributed by atoms with Crippen molar-refractivity contribution in [2.24, 2.45) is 5.73 Å². The van der Waals surface area contributed by atoms with E-state index in [0.29, 0.717) is 19.8 Å². The number of nitrogens with two attached hydrogens (primary N) is 1. The maximum Gasteiger partial charge on any atom is 0.249 e. The second-order valence-electron chi connectivity index (χ2n) is 3.22. The summed E-state index contributed by atoms with van der Waals surface area (Å²) in [5.41, 5.74) is 5.17. The largest absolute Gasteiger partial charge is 0.377 e. The second kappa shape index (κ2) is 5.67. The first-order chi connectivity index (χ1) is 7.16. The van der Waals surface area contributed by atoms with E-state index in [1.807, 2.05) is 0 Å². The average Bonchev–Trinajstić information content (AvgIpc) is 2.25. The lowest BCUT2D eigenvalue weighted by atomic mass is 10.2. The van der Waals surface area contributed by atoms with Crippen LogP contribution in [0.2, 0.25) is 0 Å². The fraction of sp³-hybridized carbons (Fsp3) is 0.778. The number of ether oxygens (including phenoxy) is 2. The molecule has 6 heteroatoms. The molecule has 2 N–H and O–H groups in total. The van der Waals surface area contributed by atoms with Gasteiger partial charge in [-0.1, -0.05) is 0 Å². The van der Waals surface area contributed by atoms with E-state index in [4.69, 9.17) is 15.2 Å². The topological polar surface area (TPSA) is 81.9 Å². The fourth-order valence-electron chi connectivity index (χ4n) is 1.41. The molecular formula is C9H16N2O4. The summed E-state index contributed by atoms with van der Waals surface area (Å²) < 4.78 is 10.1. The van der Waals surface area contributed by atoms with Crippen molar-refractivity contribution in [1.29, 1.82) is 0 Å². The van der Waals surface area contributed by atoms with Crippen LogP contribution in [0.1, 0.15) is 6.92 Å². The second-order valence-corrected chi connectivity index (χ2v) is 3.22. The van der Waals surface area contributed by atoms with Crippen LogP contribution >= 0.6 is 0 Å². The van der Waals surface area contributed by atoms with Crippen molar-refractivity contribution in [3.8, 4) is 0 Å². The number of amides is 2. The van der Waals surface area contributed by atoms with E-state index < -0.39 is 11.9 Å². The summed E-state index contributed by atoms with van der Waals surface area (Å²) in [5.74, 6) is -0.761. The van der Waals surface area contributed by atoms with Crippen molar-refractivity contribution in [3.05, 3.63) is 0 Å². The number of hydrogen-bond donors (Lipinski definition) is 1. The van der Waals surface area contributed by atoms with Crippen LogP contribution in [-0.2, 0) is 19.1 Å². The molecule has 15 heavy (non-hydrogen) atoms. The minimum atomic E-state index is -0.660. The van der Waals surface area contributed by atoms with Gasteiger partial charge >= 0.3 is 0 Å². The van der Waals surface area contributed by atoms with Crippen LogP contribution in [0.15, 0.2) is 0 Å². The van der Waals surface area contributed by atoms with Gasteiger partial charge in [-0.05, 0) is 6.92 Å². The lowest BCUT2D eigenvalue weighted by Crippen LogP contribution is -2.55. The van der Waals surface area contributed by atoms with E-state index in [0.717, 1.165) is 0 Å². The smallest absolute Gasteiger partial charge is 0.249 e. The number of rotatable bonds is 4. The Hall–Kier alpha value is -1.14. The van der Waals surface area contributed by atoms with E-state index >= 15 is 0 Å². The highest BCUT2D eigenvalue weighted by Crippen LogP contribution is 2.07. The molecule has 1 heterocycles. The number of nitrogens with zero attached hydrogens (tertiary/aromatic N) is 1. The van der Waals surface area contributed by atoms with Crippen molar-refractivity contribution in [1.82, 2.24) is 4.90 Å². The van der Waals surface area contributed by atoms with Gasteiger partial charge in [0.25, 0.3) is 0 Å². The minimum absolute atomic E-state index is 0.0136. The van der Waals surface area contributed by atoms with Gasteiger partial charge in [0.2, 0.25) is 11.8 Å². The molecule has 6 nitrogen and oxygen atoms in total. The molecule has 1 rings (SSSR count). The van der Waals surface area contributed by atoms with Crippen LogP contribution in [0.5, 0.6) is 0 Å². The van der Waals surface area contributed by atoms with Crippen molar-refractivity contribution in [3.63, 3.8) is 0 Å². The van der Waals surface area contributed by atoms with Crippen LogP contribution < -0.4 is 5.73 Å². The van der Waals surface area contributed by atoms with E-state index in [9.17, 15) is 9.59 Å². The van der Waals surface area contributed by atoms with E-state index in [-0.39, 0.29) is 19.1 Å². The number of carbonyl (C=O) groups excluding carboxylic acids is 2. The number of morpholine rings is 1. The third kappa shape index (κ3) is 3.17. The molecule has 0 aliphatic carbocycles. The quantitative estimate of drug-likeness (QED) is 0.635. The molecule has 0 bridgehead atoms. The van der Waals surface area contributed by atoms with Gasteiger partial charge in [-0.3, -0.25) is 9.59 Å². The first kappa shape index (κ1) is 11.9. The van der Waals surface area contributed by atoms with Crippen LogP contribution in [0.4, 0.5) is 0 Å². The fourth-order valence-corrected chi connectivity index (χ4v) is 1.41. The molecule has 1 unspecified atom stereocenters. The maximum atomic E-state index is 11.6. The molecular weight excluding hydrogens is 200 g/mol. The summed E-state index contributed by atoms with van der Waals surface area (Å²) in [4.78, 5) is 24.1. The predicted molar refractivity (Wildman–Crippen MR) is 52.0 cm³/mol.